The Hall–Kier alpha value is -1.45. The van der Waals surface area contributed by atoms with E-state index in [0.29, 0.717) is 19.0 Å². The molecule has 2 aliphatic heterocycles. The molecule has 0 spiro atoms. The van der Waals surface area contributed by atoms with Crippen molar-refractivity contribution < 1.29 is 13.2 Å². The van der Waals surface area contributed by atoms with Crippen LogP contribution in [0.25, 0.3) is 0 Å². The zero-order valence-corrected chi connectivity index (χ0v) is 19.8. The predicted octanol–water partition coefficient (Wildman–Crippen LogP) is 2.34. The minimum atomic E-state index is -3.67. The molecule has 0 unspecified atom stereocenters. The van der Waals surface area contributed by atoms with Crippen LogP contribution in [-0.2, 0) is 14.8 Å². The third-order valence-electron chi connectivity index (χ3n) is 7.23. The fraction of sp³-hybridized carbons (Fsp3) is 0.818. The average molecular weight is 452 g/mol. The minimum absolute atomic E-state index is 0.0791. The summed E-state index contributed by atoms with van der Waals surface area (Å²) in [5.74, 6) is -0.132. The molecule has 1 saturated carbocycles. The number of piperidine rings is 1. The first kappa shape index (κ1) is 22.7. The lowest BCUT2D eigenvalue weighted by Crippen LogP contribution is -2.55. The monoisotopic (exact) mass is 451 g/mol. The Kier molecular flexibility index (Phi) is 7.03. The number of carbonyl (C=O) groups excluding carboxylic acids is 1. The van der Waals surface area contributed by atoms with E-state index >= 15 is 0 Å². The van der Waals surface area contributed by atoms with Crippen molar-refractivity contribution >= 4 is 15.9 Å². The molecule has 1 aliphatic carbocycles. The summed E-state index contributed by atoms with van der Waals surface area (Å²) in [4.78, 5) is 21.9. The second-order valence-electron chi connectivity index (χ2n) is 9.61. The van der Waals surface area contributed by atoms with Gasteiger partial charge in [0.15, 0.2) is 5.03 Å². The van der Waals surface area contributed by atoms with Crippen LogP contribution < -0.4 is 0 Å². The molecule has 0 bridgehead atoms. The zero-order chi connectivity index (χ0) is 22.0. The number of amides is 1. The van der Waals surface area contributed by atoms with E-state index < -0.39 is 10.0 Å². The summed E-state index contributed by atoms with van der Waals surface area (Å²) < 4.78 is 29.5. The molecule has 1 amide bonds. The van der Waals surface area contributed by atoms with E-state index in [0.717, 1.165) is 32.6 Å². The molecule has 3 fully saturated rings. The van der Waals surface area contributed by atoms with Gasteiger partial charge in [-0.3, -0.25) is 9.69 Å². The quantitative estimate of drug-likeness (QED) is 0.687. The Morgan fingerprint density at radius 3 is 2.35 bits per heavy atom. The van der Waals surface area contributed by atoms with Gasteiger partial charge in [-0.25, -0.2) is 13.4 Å². The van der Waals surface area contributed by atoms with Gasteiger partial charge in [-0.05, 0) is 39.5 Å². The van der Waals surface area contributed by atoms with Gasteiger partial charge in [0.25, 0.3) is 10.0 Å². The third-order valence-corrected chi connectivity index (χ3v) is 8.98. The molecule has 0 radical (unpaired) electrons. The molecule has 0 N–H and O–H groups in total. The van der Waals surface area contributed by atoms with Crippen molar-refractivity contribution in [1.29, 1.82) is 0 Å². The number of hydrogen-bond acceptors (Lipinski definition) is 5. The van der Waals surface area contributed by atoms with Gasteiger partial charge in [0, 0.05) is 57.5 Å². The van der Waals surface area contributed by atoms with Crippen LogP contribution in [0.4, 0.5) is 0 Å². The maximum absolute atomic E-state index is 13.2. The summed E-state index contributed by atoms with van der Waals surface area (Å²) >= 11 is 0. The first-order valence-electron chi connectivity index (χ1n) is 11.9. The molecule has 31 heavy (non-hydrogen) atoms. The summed E-state index contributed by atoms with van der Waals surface area (Å²) in [5.41, 5.74) is 0. The van der Waals surface area contributed by atoms with Gasteiger partial charge < -0.3 is 9.47 Å². The minimum Gasteiger partial charge on any atom is -0.340 e. The van der Waals surface area contributed by atoms with E-state index in [1.54, 1.807) is 17.1 Å². The molecule has 1 aromatic rings. The number of aromatic nitrogens is 2. The van der Waals surface area contributed by atoms with E-state index in [-0.39, 0.29) is 29.4 Å². The number of nitrogens with zero attached hydrogens (tertiary/aromatic N) is 5. The van der Waals surface area contributed by atoms with Crippen LogP contribution >= 0.6 is 0 Å². The summed E-state index contributed by atoms with van der Waals surface area (Å²) in [5, 5.41) is 0.0791. The molecular formula is C22H37N5O3S. The Morgan fingerprint density at radius 2 is 1.71 bits per heavy atom. The molecule has 3 heterocycles. The molecule has 4 rings (SSSR count). The van der Waals surface area contributed by atoms with Gasteiger partial charge in [0.2, 0.25) is 5.91 Å². The summed E-state index contributed by atoms with van der Waals surface area (Å²) in [7, 11) is -3.67. The number of rotatable bonds is 5. The van der Waals surface area contributed by atoms with Crippen molar-refractivity contribution in [3.63, 3.8) is 0 Å². The molecule has 9 heteroatoms. The van der Waals surface area contributed by atoms with Crippen molar-refractivity contribution in [3.8, 4) is 0 Å². The van der Waals surface area contributed by atoms with Crippen molar-refractivity contribution in [2.45, 2.75) is 75.9 Å². The smallest absolute Gasteiger partial charge is 0.262 e. The molecule has 0 aromatic carbocycles. The fourth-order valence-electron chi connectivity index (χ4n) is 5.24. The van der Waals surface area contributed by atoms with Crippen LogP contribution in [0.2, 0.25) is 0 Å². The molecule has 1 aromatic heterocycles. The van der Waals surface area contributed by atoms with E-state index in [4.69, 9.17) is 0 Å². The second kappa shape index (κ2) is 9.58. The summed E-state index contributed by atoms with van der Waals surface area (Å²) in [6.45, 7) is 8.10. The normalized spacial score (nSPS) is 25.3. The molecule has 1 atom stereocenters. The van der Waals surface area contributed by atoms with Gasteiger partial charge in [-0.1, -0.05) is 19.3 Å². The summed E-state index contributed by atoms with van der Waals surface area (Å²) in [6, 6.07) is 0.839. The first-order valence-corrected chi connectivity index (χ1v) is 13.4. The van der Waals surface area contributed by atoms with Crippen LogP contribution in [0.1, 0.15) is 64.8 Å². The SMILES string of the molecule is CC(C)n1cnc(S(=O)(=O)N2CCC[C@@H](C(=O)N3CCN(C4CCCCC4)CC3)C2)c1. The lowest BCUT2D eigenvalue weighted by atomic mass is 9.93. The van der Waals surface area contributed by atoms with Crippen LogP contribution in [0.3, 0.4) is 0 Å². The van der Waals surface area contributed by atoms with Crippen molar-refractivity contribution in [2.24, 2.45) is 5.92 Å². The van der Waals surface area contributed by atoms with E-state index in [9.17, 15) is 13.2 Å². The lowest BCUT2D eigenvalue weighted by molar-refractivity contribution is -0.138. The Labute approximate surface area is 186 Å². The number of hydrogen-bond donors (Lipinski definition) is 0. The highest BCUT2D eigenvalue weighted by molar-refractivity contribution is 7.89. The van der Waals surface area contributed by atoms with Gasteiger partial charge in [0.1, 0.15) is 0 Å². The zero-order valence-electron chi connectivity index (χ0n) is 18.9. The Morgan fingerprint density at radius 1 is 1.00 bits per heavy atom. The highest BCUT2D eigenvalue weighted by Crippen LogP contribution is 2.27. The highest BCUT2D eigenvalue weighted by atomic mass is 32.2. The maximum Gasteiger partial charge on any atom is 0.262 e. The molecule has 174 valence electrons. The predicted molar refractivity (Wildman–Crippen MR) is 119 cm³/mol. The third kappa shape index (κ3) is 4.98. The van der Waals surface area contributed by atoms with Crippen molar-refractivity contribution in [1.82, 2.24) is 23.7 Å². The standard InChI is InChI=1S/C22H37N5O3S/c1-18(2)26-16-21(23-17-26)31(29,30)27-10-6-7-19(15-27)22(28)25-13-11-24(12-14-25)20-8-4-3-5-9-20/h16-20H,3-15H2,1-2H3/t19-/m1/s1. The largest absolute Gasteiger partial charge is 0.340 e. The second-order valence-corrected chi connectivity index (χ2v) is 11.5. The van der Waals surface area contributed by atoms with Gasteiger partial charge in [-0.15, -0.1) is 0 Å². The highest BCUT2D eigenvalue weighted by Gasteiger charge is 2.37. The molecule has 8 nitrogen and oxygen atoms in total. The fourth-order valence-corrected chi connectivity index (χ4v) is 6.69. The first-order chi connectivity index (χ1) is 14.9. The van der Waals surface area contributed by atoms with Crippen LogP contribution in [0.15, 0.2) is 17.6 Å². The topological polar surface area (TPSA) is 78.8 Å². The van der Waals surface area contributed by atoms with E-state index in [2.05, 4.69) is 9.88 Å². The number of carbonyl (C=O) groups is 1. The van der Waals surface area contributed by atoms with Gasteiger partial charge >= 0.3 is 0 Å². The lowest BCUT2D eigenvalue weighted by Gasteiger charge is -2.42. The Bertz CT molecular complexity index is 854. The van der Waals surface area contributed by atoms with E-state index in [1.165, 1.54) is 36.4 Å². The van der Waals surface area contributed by atoms with Crippen molar-refractivity contribution in [2.75, 3.05) is 39.3 Å². The molecule has 3 aliphatic rings. The average Bonchev–Trinajstić information content (AvgIpc) is 3.31. The van der Waals surface area contributed by atoms with Crippen LogP contribution in [0, 0.1) is 5.92 Å². The number of sulfonamides is 1. The Balaban J connectivity index is 1.35. The number of piperazine rings is 1. The summed E-state index contributed by atoms with van der Waals surface area (Å²) in [6.07, 6.45) is 11.2. The van der Waals surface area contributed by atoms with Gasteiger partial charge in [0.05, 0.1) is 12.2 Å². The van der Waals surface area contributed by atoms with Crippen LogP contribution in [0.5, 0.6) is 0 Å². The molecule has 2 saturated heterocycles. The van der Waals surface area contributed by atoms with Crippen molar-refractivity contribution in [3.05, 3.63) is 12.5 Å². The molecular weight excluding hydrogens is 414 g/mol. The van der Waals surface area contributed by atoms with E-state index in [1.807, 2.05) is 18.7 Å². The number of imidazole rings is 1. The maximum atomic E-state index is 13.2. The van der Waals surface area contributed by atoms with Crippen LogP contribution in [-0.4, -0.2) is 83.3 Å². The van der Waals surface area contributed by atoms with Gasteiger partial charge in [-0.2, -0.15) is 4.31 Å².